The molecule has 20 heavy (non-hydrogen) atoms. The van der Waals surface area contributed by atoms with E-state index in [1.54, 1.807) is 12.1 Å². The molecule has 0 unspecified atom stereocenters. The van der Waals surface area contributed by atoms with Crippen LogP contribution in [0, 0.1) is 0 Å². The first-order valence-corrected chi connectivity index (χ1v) is 6.72. The zero-order valence-corrected chi connectivity index (χ0v) is 13.3. The second kappa shape index (κ2) is 4.97. The summed E-state index contributed by atoms with van der Waals surface area (Å²) >= 11 is 0. The van der Waals surface area contributed by atoms with Crippen molar-refractivity contribution < 1.29 is 9.90 Å². The second-order valence-electron chi connectivity index (χ2n) is 7.26. The van der Waals surface area contributed by atoms with Crippen LogP contribution in [-0.2, 0) is 15.6 Å². The highest BCUT2D eigenvalue weighted by Gasteiger charge is 2.27. The summed E-state index contributed by atoms with van der Waals surface area (Å²) < 4.78 is 0. The van der Waals surface area contributed by atoms with Crippen LogP contribution in [0.3, 0.4) is 0 Å². The summed E-state index contributed by atoms with van der Waals surface area (Å²) in [5.74, 6) is -0.263. The van der Waals surface area contributed by atoms with Crippen molar-refractivity contribution in [2.24, 2.45) is 5.73 Å². The molecule has 0 heterocycles. The number of rotatable bonds is 2. The number of nitrogens with two attached hydrogens (primary N) is 1. The summed E-state index contributed by atoms with van der Waals surface area (Å²) in [7, 11) is 0. The van der Waals surface area contributed by atoms with E-state index in [-0.39, 0.29) is 22.2 Å². The van der Waals surface area contributed by atoms with Gasteiger partial charge in [-0.05, 0) is 28.5 Å². The van der Waals surface area contributed by atoms with Gasteiger partial charge in [-0.3, -0.25) is 4.79 Å². The number of carbonyl (C=O) groups is 1. The van der Waals surface area contributed by atoms with Crippen molar-refractivity contribution in [3.05, 3.63) is 35.4 Å². The Kier molecular flexibility index (Phi) is 4.04. The van der Waals surface area contributed by atoms with Crippen LogP contribution < -0.4 is 5.73 Å². The molecular weight excluding hydrogens is 250 g/mol. The molecule has 0 aliphatic heterocycles. The number of hydrogen-bond acceptors (Lipinski definition) is 2. The quantitative estimate of drug-likeness (QED) is 0.812. The maximum atomic E-state index is 11.4. The van der Waals surface area contributed by atoms with E-state index in [1.807, 2.05) is 41.5 Å². The summed E-state index contributed by atoms with van der Waals surface area (Å²) in [6, 6.07) is 3.61. The van der Waals surface area contributed by atoms with Crippen molar-refractivity contribution in [2.45, 2.75) is 52.4 Å². The first-order chi connectivity index (χ1) is 8.85. The molecule has 0 fully saturated rings. The van der Waals surface area contributed by atoms with Crippen LogP contribution in [0.25, 0.3) is 5.57 Å². The van der Waals surface area contributed by atoms with Gasteiger partial charge >= 0.3 is 0 Å². The Bertz CT molecular complexity index is 522. The zero-order valence-electron chi connectivity index (χ0n) is 13.3. The molecule has 0 aliphatic carbocycles. The van der Waals surface area contributed by atoms with Crippen LogP contribution in [0.5, 0.6) is 5.75 Å². The van der Waals surface area contributed by atoms with Gasteiger partial charge in [0.1, 0.15) is 5.75 Å². The van der Waals surface area contributed by atoms with Crippen LogP contribution in [0.15, 0.2) is 18.7 Å². The molecular formula is C17H25NO2. The number of carbonyl (C=O) groups excluding carboxylic acids is 1. The van der Waals surface area contributed by atoms with Gasteiger partial charge < -0.3 is 10.8 Å². The SMILES string of the molecule is C=C(C(N)=O)c1cc(C(C)(C)C)c(O)c(C(C)(C)C)c1. The van der Waals surface area contributed by atoms with E-state index in [4.69, 9.17) is 5.73 Å². The van der Waals surface area contributed by atoms with Gasteiger partial charge in [0, 0.05) is 16.7 Å². The normalized spacial score (nSPS) is 12.3. The molecule has 1 aromatic rings. The van der Waals surface area contributed by atoms with E-state index in [2.05, 4.69) is 6.58 Å². The van der Waals surface area contributed by atoms with Gasteiger partial charge in [0.2, 0.25) is 5.91 Å². The van der Waals surface area contributed by atoms with Crippen LogP contribution >= 0.6 is 0 Å². The summed E-state index contributed by atoms with van der Waals surface area (Å²) in [5, 5.41) is 10.6. The van der Waals surface area contributed by atoms with E-state index in [0.29, 0.717) is 5.56 Å². The fraction of sp³-hybridized carbons (Fsp3) is 0.471. The first kappa shape index (κ1) is 16.3. The van der Waals surface area contributed by atoms with Crippen molar-refractivity contribution in [3.63, 3.8) is 0 Å². The van der Waals surface area contributed by atoms with E-state index < -0.39 is 5.91 Å². The first-order valence-electron chi connectivity index (χ1n) is 6.72. The molecule has 3 N–H and O–H groups in total. The predicted molar refractivity (Wildman–Crippen MR) is 83.7 cm³/mol. The lowest BCUT2D eigenvalue weighted by Gasteiger charge is -2.28. The van der Waals surface area contributed by atoms with Crippen molar-refractivity contribution >= 4 is 11.5 Å². The molecule has 0 aliphatic rings. The van der Waals surface area contributed by atoms with Crippen LogP contribution in [0.1, 0.15) is 58.2 Å². The van der Waals surface area contributed by atoms with Crippen LogP contribution in [-0.4, -0.2) is 11.0 Å². The largest absolute Gasteiger partial charge is 0.507 e. The lowest BCUT2D eigenvalue weighted by Crippen LogP contribution is -2.19. The number of phenolic OH excluding ortho intramolecular Hbond substituents is 1. The molecule has 3 nitrogen and oxygen atoms in total. The molecule has 0 radical (unpaired) electrons. The fourth-order valence-electron chi connectivity index (χ4n) is 2.09. The van der Waals surface area contributed by atoms with E-state index in [9.17, 15) is 9.90 Å². The molecule has 0 spiro atoms. The van der Waals surface area contributed by atoms with Gasteiger partial charge in [-0.1, -0.05) is 48.1 Å². The Morgan fingerprint density at radius 3 is 1.65 bits per heavy atom. The smallest absolute Gasteiger partial charge is 0.248 e. The molecule has 1 rings (SSSR count). The van der Waals surface area contributed by atoms with E-state index in [0.717, 1.165) is 11.1 Å². The van der Waals surface area contributed by atoms with Crippen molar-refractivity contribution in [1.29, 1.82) is 0 Å². The fourth-order valence-corrected chi connectivity index (χ4v) is 2.09. The number of primary amides is 1. The number of benzene rings is 1. The summed E-state index contributed by atoms with van der Waals surface area (Å²) in [6.45, 7) is 15.9. The average Bonchev–Trinajstić information content (AvgIpc) is 2.24. The molecule has 0 atom stereocenters. The van der Waals surface area contributed by atoms with Crippen LogP contribution in [0.4, 0.5) is 0 Å². The Labute approximate surface area is 121 Å². The summed E-state index contributed by atoms with van der Waals surface area (Å²) in [6.07, 6.45) is 0. The Morgan fingerprint density at radius 2 is 1.40 bits per heavy atom. The Hall–Kier alpha value is -1.77. The monoisotopic (exact) mass is 275 g/mol. The van der Waals surface area contributed by atoms with Gasteiger partial charge in [-0.2, -0.15) is 0 Å². The summed E-state index contributed by atoms with van der Waals surface area (Å²) in [5.41, 5.74) is 7.37. The number of hydrogen-bond donors (Lipinski definition) is 2. The molecule has 3 heteroatoms. The lowest BCUT2D eigenvalue weighted by atomic mass is 9.78. The zero-order chi connectivity index (χ0) is 15.9. The highest BCUT2D eigenvalue weighted by atomic mass is 16.3. The molecule has 0 bridgehead atoms. The van der Waals surface area contributed by atoms with Gasteiger partial charge in [0.05, 0.1) is 0 Å². The minimum atomic E-state index is -0.546. The third kappa shape index (κ3) is 3.21. The minimum Gasteiger partial charge on any atom is -0.507 e. The van der Waals surface area contributed by atoms with Crippen molar-refractivity contribution in [2.75, 3.05) is 0 Å². The van der Waals surface area contributed by atoms with Crippen LogP contribution in [0.2, 0.25) is 0 Å². The predicted octanol–water partition coefficient (Wildman–Crippen LogP) is 3.49. The molecule has 0 saturated heterocycles. The maximum absolute atomic E-state index is 11.4. The second-order valence-corrected chi connectivity index (χ2v) is 7.26. The minimum absolute atomic E-state index is 0.238. The number of phenols is 1. The average molecular weight is 275 g/mol. The van der Waals surface area contributed by atoms with Gasteiger partial charge in [-0.25, -0.2) is 0 Å². The molecule has 1 aromatic carbocycles. The van der Waals surface area contributed by atoms with Gasteiger partial charge in [0.25, 0.3) is 0 Å². The Balaban J connectivity index is 3.67. The standard InChI is InChI=1S/C17H25NO2/c1-10(15(18)20)11-8-12(16(2,3)4)14(19)13(9-11)17(5,6)7/h8-9,19H,1H2,2-7H3,(H2,18,20). The highest BCUT2D eigenvalue weighted by Crippen LogP contribution is 2.40. The third-order valence-electron chi connectivity index (χ3n) is 3.37. The Morgan fingerprint density at radius 1 is 1.05 bits per heavy atom. The van der Waals surface area contributed by atoms with Crippen molar-refractivity contribution in [3.8, 4) is 5.75 Å². The molecule has 0 saturated carbocycles. The van der Waals surface area contributed by atoms with E-state index in [1.165, 1.54) is 0 Å². The van der Waals surface area contributed by atoms with E-state index >= 15 is 0 Å². The maximum Gasteiger partial charge on any atom is 0.248 e. The highest BCUT2D eigenvalue weighted by molar-refractivity contribution is 6.18. The molecule has 0 aromatic heterocycles. The van der Waals surface area contributed by atoms with Crippen molar-refractivity contribution in [1.82, 2.24) is 0 Å². The lowest BCUT2D eigenvalue weighted by molar-refractivity contribution is -0.112. The molecule has 110 valence electrons. The summed E-state index contributed by atoms with van der Waals surface area (Å²) in [4.78, 5) is 11.4. The third-order valence-corrected chi connectivity index (χ3v) is 3.37. The topological polar surface area (TPSA) is 63.3 Å². The van der Waals surface area contributed by atoms with Gasteiger partial charge in [-0.15, -0.1) is 0 Å². The molecule has 1 amide bonds. The van der Waals surface area contributed by atoms with Gasteiger partial charge in [0.15, 0.2) is 0 Å². The number of aromatic hydroxyl groups is 1. The number of amides is 1.